The highest BCUT2D eigenvalue weighted by Gasteiger charge is 2.21. The molecular formula is C17H21BrN2OS. The van der Waals surface area contributed by atoms with E-state index in [-0.39, 0.29) is 11.8 Å². The van der Waals surface area contributed by atoms with Gasteiger partial charge in [0.2, 0.25) is 0 Å². The molecule has 3 nitrogen and oxygen atoms in total. The Hall–Kier alpha value is -0.940. The molecule has 0 spiro atoms. The van der Waals surface area contributed by atoms with E-state index in [1.807, 2.05) is 6.07 Å². The predicted molar refractivity (Wildman–Crippen MR) is 95.0 cm³/mol. The number of hydrogen-bond donors (Lipinski definition) is 0. The first-order valence-corrected chi connectivity index (χ1v) is 9.67. The minimum atomic E-state index is 0.0789. The Morgan fingerprint density at radius 3 is 2.86 bits per heavy atom. The second-order valence-corrected chi connectivity index (χ2v) is 7.86. The van der Waals surface area contributed by atoms with E-state index < -0.39 is 0 Å². The average Bonchev–Trinajstić information content (AvgIpc) is 2.85. The molecule has 0 unspecified atom stereocenters. The molecule has 0 radical (unpaired) electrons. The Labute approximate surface area is 143 Å². The number of halogens is 1. The number of nitrogens with zero attached hydrogens (tertiary/aromatic N) is 2. The van der Waals surface area contributed by atoms with E-state index >= 15 is 0 Å². The van der Waals surface area contributed by atoms with Crippen LogP contribution in [0.2, 0.25) is 0 Å². The van der Waals surface area contributed by atoms with E-state index in [2.05, 4.69) is 44.5 Å². The first-order valence-electron chi connectivity index (χ1n) is 8.06. The van der Waals surface area contributed by atoms with Gasteiger partial charge in [-0.15, -0.1) is 0 Å². The van der Waals surface area contributed by atoms with Crippen molar-refractivity contribution in [3.63, 3.8) is 0 Å². The summed E-state index contributed by atoms with van der Waals surface area (Å²) in [5, 5.41) is 0. The molecule has 0 atom stereocenters. The van der Waals surface area contributed by atoms with Crippen LogP contribution in [0, 0.1) is 5.92 Å². The van der Waals surface area contributed by atoms with Crippen LogP contribution >= 0.6 is 27.3 Å². The number of hydrogen-bond acceptors (Lipinski definition) is 2. The molecule has 0 saturated heterocycles. The fourth-order valence-corrected chi connectivity index (χ4v) is 4.72. The van der Waals surface area contributed by atoms with Gasteiger partial charge in [-0.2, -0.15) is 4.99 Å². The number of rotatable bonds is 3. The molecule has 0 bridgehead atoms. The van der Waals surface area contributed by atoms with Crippen molar-refractivity contribution in [3.05, 3.63) is 27.5 Å². The lowest BCUT2D eigenvalue weighted by Gasteiger charge is -2.17. The van der Waals surface area contributed by atoms with Gasteiger partial charge in [0.1, 0.15) is 0 Å². The van der Waals surface area contributed by atoms with Crippen molar-refractivity contribution in [1.29, 1.82) is 0 Å². The zero-order valence-corrected chi connectivity index (χ0v) is 15.3. The van der Waals surface area contributed by atoms with Crippen molar-refractivity contribution in [2.75, 3.05) is 0 Å². The van der Waals surface area contributed by atoms with Crippen LogP contribution in [0.3, 0.4) is 0 Å². The minimum Gasteiger partial charge on any atom is -0.316 e. The molecule has 22 heavy (non-hydrogen) atoms. The van der Waals surface area contributed by atoms with Crippen molar-refractivity contribution in [2.24, 2.45) is 10.9 Å². The van der Waals surface area contributed by atoms with Gasteiger partial charge in [-0.05, 0) is 37.5 Å². The maximum Gasteiger partial charge on any atom is 0.251 e. The molecule has 2 aromatic rings. The molecule has 5 heteroatoms. The molecule has 1 aromatic heterocycles. The summed E-state index contributed by atoms with van der Waals surface area (Å²) in [6.07, 6.45) is 6.64. The van der Waals surface area contributed by atoms with Gasteiger partial charge in [0.25, 0.3) is 5.91 Å². The third-order valence-electron chi connectivity index (χ3n) is 4.25. The molecule has 118 valence electrons. The molecule has 0 N–H and O–H groups in total. The summed E-state index contributed by atoms with van der Waals surface area (Å²) < 4.78 is 4.43. The van der Waals surface area contributed by atoms with Crippen LogP contribution in [0.1, 0.15) is 45.4 Å². The van der Waals surface area contributed by atoms with Crippen molar-refractivity contribution in [1.82, 2.24) is 4.57 Å². The predicted octanol–water partition coefficient (Wildman–Crippen LogP) is 4.88. The smallest absolute Gasteiger partial charge is 0.251 e. The highest BCUT2D eigenvalue weighted by molar-refractivity contribution is 9.10. The number of amides is 1. The van der Waals surface area contributed by atoms with E-state index in [0.717, 1.165) is 35.1 Å². The lowest BCUT2D eigenvalue weighted by molar-refractivity contribution is -0.122. The zero-order valence-electron chi connectivity index (χ0n) is 12.8. The Morgan fingerprint density at radius 1 is 1.36 bits per heavy atom. The Kier molecular flexibility index (Phi) is 5.14. The van der Waals surface area contributed by atoms with Crippen LogP contribution in [0.4, 0.5) is 0 Å². The molecule has 1 aromatic carbocycles. The van der Waals surface area contributed by atoms with Crippen LogP contribution in [0.5, 0.6) is 0 Å². The van der Waals surface area contributed by atoms with E-state index in [1.165, 1.54) is 29.5 Å². The molecule has 1 aliphatic rings. The topological polar surface area (TPSA) is 34.4 Å². The standard InChI is InChI=1S/C17H21BrN2OS/c1-2-10-20-14-9-8-13(18)11-15(14)22-17(20)19-16(21)12-6-4-3-5-7-12/h8-9,11-12H,2-7,10H2,1H3. The third kappa shape index (κ3) is 3.35. The molecule has 3 rings (SSSR count). The fourth-order valence-electron chi connectivity index (χ4n) is 3.11. The summed E-state index contributed by atoms with van der Waals surface area (Å²) in [6.45, 7) is 3.06. The third-order valence-corrected chi connectivity index (χ3v) is 5.79. The highest BCUT2D eigenvalue weighted by atomic mass is 79.9. The summed E-state index contributed by atoms with van der Waals surface area (Å²) >= 11 is 5.13. The lowest BCUT2D eigenvalue weighted by atomic mass is 9.89. The van der Waals surface area contributed by atoms with Crippen LogP contribution < -0.4 is 4.80 Å². The van der Waals surface area contributed by atoms with E-state index in [0.29, 0.717) is 0 Å². The quantitative estimate of drug-likeness (QED) is 0.746. The molecular weight excluding hydrogens is 360 g/mol. The summed E-state index contributed by atoms with van der Waals surface area (Å²) in [7, 11) is 0. The zero-order chi connectivity index (χ0) is 15.5. The lowest BCUT2D eigenvalue weighted by Crippen LogP contribution is -2.21. The molecule has 1 fully saturated rings. The van der Waals surface area contributed by atoms with Crippen LogP contribution in [0.15, 0.2) is 27.7 Å². The van der Waals surface area contributed by atoms with Gasteiger partial charge in [0.05, 0.1) is 10.2 Å². The maximum absolute atomic E-state index is 12.5. The number of thiazole rings is 1. The molecule has 1 amide bonds. The van der Waals surface area contributed by atoms with Crippen molar-refractivity contribution in [3.8, 4) is 0 Å². The number of carbonyl (C=O) groups excluding carboxylic acids is 1. The summed E-state index contributed by atoms with van der Waals surface area (Å²) in [4.78, 5) is 17.8. The van der Waals surface area contributed by atoms with Crippen LogP contribution in [-0.4, -0.2) is 10.5 Å². The molecule has 1 aliphatic carbocycles. The number of aryl methyl sites for hydroxylation is 1. The number of carbonyl (C=O) groups is 1. The monoisotopic (exact) mass is 380 g/mol. The van der Waals surface area contributed by atoms with Crippen molar-refractivity contribution < 1.29 is 4.79 Å². The van der Waals surface area contributed by atoms with Gasteiger partial charge in [-0.1, -0.05) is 53.5 Å². The second kappa shape index (κ2) is 7.09. The molecule has 1 heterocycles. The number of aromatic nitrogens is 1. The van der Waals surface area contributed by atoms with Crippen LogP contribution in [-0.2, 0) is 11.3 Å². The normalized spacial score (nSPS) is 17.3. The Bertz CT molecular complexity index is 741. The Morgan fingerprint density at radius 2 is 2.14 bits per heavy atom. The van der Waals surface area contributed by atoms with Gasteiger partial charge < -0.3 is 4.57 Å². The largest absolute Gasteiger partial charge is 0.316 e. The van der Waals surface area contributed by atoms with Gasteiger partial charge in [0, 0.05) is 16.9 Å². The second-order valence-electron chi connectivity index (χ2n) is 5.93. The fraction of sp³-hybridized carbons (Fsp3) is 0.529. The minimum absolute atomic E-state index is 0.0789. The van der Waals surface area contributed by atoms with E-state index in [9.17, 15) is 4.79 Å². The summed E-state index contributed by atoms with van der Waals surface area (Å²) in [6, 6.07) is 6.26. The highest BCUT2D eigenvalue weighted by Crippen LogP contribution is 2.25. The Balaban J connectivity index is 2.02. The first kappa shape index (κ1) is 15.9. The van der Waals surface area contributed by atoms with Gasteiger partial charge >= 0.3 is 0 Å². The molecule has 0 aliphatic heterocycles. The van der Waals surface area contributed by atoms with E-state index in [1.54, 1.807) is 11.3 Å². The molecule has 1 saturated carbocycles. The summed E-state index contributed by atoms with van der Waals surface area (Å²) in [5.74, 6) is 0.218. The van der Waals surface area contributed by atoms with Gasteiger partial charge in [-0.25, -0.2) is 0 Å². The number of benzene rings is 1. The first-order chi connectivity index (χ1) is 10.7. The van der Waals surface area contributed by atoms with Crippen LogP contribution in [0.25, 0.3) is 10.2 Å². The van der Waals surface area contributed by atoms with E-state index in [4.69, 9.17) is 0 Å². The SMILES string of the molecule is CCCn1c(=NC(=O)C2CCCCC2)sc2cc(Br)ccc21. The average molecular weight is 381 g/mol. The van der Waals surface area contributed by atoms with Gasteiger partial charge in [-0.3, -0.25) is 4.79 Å². The van der Waals surface area contributed by atoms with Crippen molar-refractivity contribution in [2.45, 2.75) is 52.0 Å². The summed E-state index contributed by atoms with van der Waals surface area (Å²) in [5.41, 5.74) is 1.17. The van der Waals surface area contributed by atoms with Crippen molar-refractivity contribution >= 4 is 43.4 Å². The van der Waals surface area contributed by atoms with Gasteiger partial charge in [0.15, 0.2) is 4.80 Å². The maximum atomic E-state index is 12.5. The number of fused-ring (bicyclic) bond motifs is 1.